The molecule has 29 heavy (non-hydrogen) atoms. The van der Waals surface area contributed by atoms with Crippen molar-refractivity contribution >= 4 is 10.8 Å². The molecule has 0 unspecified atom stereocenters. The Hall–Kier alpha value is -3.33. The van der Waals surface area contributed by atoms with E-state index >= 15 is 0 Å². The molecule has 3 aromatic carbocycles. The highest BCUT2D eigenvalue weighted by Gasteiger charge is 2.32. The minimum Gasteiger partial charge on any atom is -0.403 e. The van der Waals surface area contributed by atoms with Crippen LogP contribution in [-0.2, 0) is 6.42 Å². The first kappa shape index (κ1) is 20.4. The van der Waals surface area contributed by atoms with Crippen LogP contribution in [0.5, 0.6) is 5.75 Å². The standard InChI is InChI=1S/C23H15F5O/c1-2-3-4-15-6-11-19-18(13-15)10-9-17(22(19)25)8-5-16-7-12-21(20(24)14-16)29-23(26,27)28/h2,6-7,9-14H,1,3-4H2. The Kier molecular flexibility index (Phi) is 5.88. The van der Waals surface area contributed by atoms with Gasteiger partial charge in [0.25, 0.3) is 0 Å². The molecule has 0 amide bonds. The van der Waals surface area contributed by atoms with Crippen molar-refractivity contribution in [3.63, 3.8) is 0 Å². The number of halogens is 5. The Bertz CT molecular complexity index is 1120. The highest BCUT2D eigenvalue weighted by atomic mass is 19.4. The van der Waals surface area contributed by atoms with E-state index in [2.05, 4.69) is 23.2 Å². The summed E-state index contributed by atoms with van der Waals surface area (Å²) in [6, 6.07) is 11.5. The molecular weight excluding hydrogens is 387 g/mol. The number of benzene rings is 3. The third-order valence-corrected chi connectivity index (χ3v) is 4.15. The lowest BCUT2D eigenvalue weighted by Gasteiger charge is -2.09. The van der Waals surface area contributed by atoms with E-state index in [-0.39, 0.29) is 11.1 Å². The van der Waals surface area contributed by atoms with Crippen molar-refractivity contribution < 1.29 is 26.7 Å². The van der Waals surface area contributed by atoms with Gasteiger partial charge in [0.15, 0.2) is 11.6 Å². The Morgan fingerprint density at radius 1 is 0.966 bits per heavy atom. The lowest BCUT2D eigenvalue weighted by molar-refractivity contribution is -0.275. The van der Waals surface area contributed by atoms with Gasteiger partial charge < -0.3 is 4.74 Å². The number of aryl methyl sites for hydroxylation is 1. The van der Waals surface area contributed by atoms with Crippen molar-refractivity contribution in [3.8, 4) is 17.6 Å². The maximum absolute atomic E-state index is 14.7. The number of hydrogen-bond donors (Lipinski definition) is 0. The molecule has 0 N–H and O–H groups in total. The maximum Gasteiger partial charge on any atom is 0.573 e. The highest BCUT2D eigenvalue weighted by Crippen LogP contribution is 2.26. The van der Waals surface area contributed by atoms with Gasteiger partial charge in [-0.05, 0) is 48.1 Å². The Morgan fingerprint density at radius 3 is 2.45 bits per heavy atom. The quantitative estimate of drug-likeness (QED) is 0.274. The van der Waals surface area contributed by atoms with E-state index in [1.807, 2.05) is 18.2 Å². The zero-order valence-corrected chi connectivity index (χ0v) is 15.1. The molecule has 0 saturated carbocycles. The summed E-state index contributed by atoms with van der Waals surface area (Å²) in [6.07, 6.45) is -1.55. The highest BCUT2D eigenvalue weighted by molar-refractivity contribution is 5.85. The normalized spacial score (nSPS) is 11.1. The lowest BCUT2D eigenvalue weighted by atomic mass is 10.0. The van der Waals surface area contributed by atoms with E-state index in [1.54, 1.807) is 12.1 Å². The second kappa shape index (κ2) is 8.36. The summed E-state index contributed by atoms with van der Waals surface area (Å²) in [6.45, 7) is 3.68. The van der Waals surface area contributed by atoms with Gasteiger partial charge in [-0.25, -0.2) is 8.78 Å². The van der Waals surface area contributed by atoms with Gasteiger partial charge in [-0.2, -0.15) is 0 Å². The lowest BCUT2D eigenvalue weighted by Crippen LogP contribution is -2.17. The van der Waals surface area contributed by atoms with Crippen molar-refractivity contribution in [3.05, 3.63) is 89.5 Å². The number of ether oxygens (including phenoxy) is 1. The van der Waals surface area contributed by atoms with Gasteiger partial charge in [-0.15, -0.1) is 19.8 Å². The molecular formula is C23H15F5O. The first-order valence-electron chi connectivity index (χ1n) is 8.66. The largest absolute Gasteiger partial charge is 0.573 e. The molecule has 1 nitrogen and oxygen atoms in total. The van der Waals surface area contributed by atoms with E-state index < -0.39 is 23.7 Å². The fraction of sp³-hybridized carbons (Fsp3) is 0.130. The van der Waals surface area contributed by atoms with E-state index in [0.717, 1.165) is 35.9 Å². The van der Waals surface area contributed by atoms with Crippen LogP contribution in [0.4, 0.5) is 22.0 Å². The zero-order valence-electron chi connectivity index (χ0n) is 15.1. The average molecular weight is 402 g/mol. The molecule has 148 valence electrons. The summed E-state index contributed by atoms with van der Waals surface area (Å²) in [4.78, 5) is 0. The van der Waals surface area contributed by atoms with Crippen molar-refractivity contribution in [2.45, 2.75) is 19.2 Å². The Morgan fingerprint density at radius 2 is 1.76 bits per heavy atom. The van der Waals surface area contributed by atoms with Gasteiger partial charge in [-0.1, -0.05) is 42.2 Å². The minimum atomic E-state index is -4.99. The van der Waals surface area contributed by atoms with E-state index in [4.69, 9.17) is 0 Å². The number of hydrogen-bond acceptors (Lipinski definition) is 1. The molecule has 0 fully saturated rings. The van der Waals surface area contributed by atoms with Crippen LogP contribution in [0.15, 0.2) is 61.2 Å². The molecule has 0 saturated heterocycles. The fourth-order valence-electron chi connectivity index (χ4n) is 2.79. The third kappa shape index (κ3) is 5.14. The van der Waals surface area contributed by atoms with Gasteiger partial charge in [0.1, 0.15) is 5.82 Å². The number of fused-ring (bicyclic) bond motifs is 1. The molecule has 0 aliphatic rings. The minimum absolute atomic E-state index is 0.0938. The molecule has 0 spiro atoms. The predicted octanol–water partition coefficient (Wildman–Crippen LogP) is 6.54. The van der Waals surface area contributed by atoms with Gasteiger partial charge >= 0.3 is 6.36 Å². The van der Waals surface area contributed by atoms with Crippen molar-refractivity contribution in [1.29, 1.82) is 0 Å². The summed E-state index contributed by atoms with van der Waals surface area (Å²) < 4.78 is 68.6. The monoisotopic (exact) mass is 402 g/mol. The SMILES string of the molecule is C=CCCc1ccc2c(F)c(C#Cc3ccc(OC(F)(F)F)c(F)c3)ccc2c1. The molecule has 0 aliphatic carbocycles. The molecule has 0 radical (unpaired) electrons. The number of alkyl halides is 3. The van der Waals surface area contributed by atoms with Crippen LogP contribution in [0.25, 0.3) is 10.8 Å². The summed E-state index contributed by atoms with van der Waals surface area (Å²) in [5.74, 6) is 2.48. The van der Waals surface area contributed by atoms with E-state index in [0.29, 0.717) is 5.39 Å². The van der Waals surface area contributed by atoms with E-state index in [9.17, 15) is 22.0 Å². The van der Waals surface area contributed by atoms with Crippen LogP contribution in [0.3, 0.4) is 0 Å². The maximum atomic E-state index is 14.7. The van der Waals surface area contributed by atoms with Crippen LogP contribution < -0.4 is 4.74 Å². The topological polar surface area (TPSA) is 9.23 Å². The average Bonchev–Trinajstić information content (AvgIpc) is 2.67. The number of allylic oxidation sites excluding steroid dienone is 1. The second-order valence-corrected chi connectivity index (χ2v) is 6.25. The predicted molar refractivity (Wildman–Crippen MR) is 101 cm³/mol. The van der Waals surface area contributed by atoms with E-state index in [1.165, 1.54) is 12.1 Å². The molecule has 0 aromatic heterocycles. The van der Waals surface area contributed by atoms with Crippen molar-refractivity contribution in [1.82, 2.24) is 0 Å². The van der Waals surface area contributed by atoms with Crippen LogP contribution in [0.1, 0.15) is 23.1 Å². The van der Waals surface area contributed by atoms with Crippen LogP contribution >= 0.6 is 0 Å². The first-order chi connectivity index (χ1) is 13.8. The summed E-state index contributed by atoms with van der Waals surface area (Å²) in [7, 11) is 0. The molecule has 0 atom stereocenters. The van der Waals surface area contributed by atoms with Crippen molar-refractivity contribution in [2.24, 2.45) is 0 Å². The molecule has 0 aliphatic heterocycles. The van der Waals surface area contributed by atoms with Gasteiger partial charge in [0.2, 0.25) is 0 Å². The fourth-order valence-corrected chi connectivity index (χ4v) is 2.79. The molecule has 0 bridgehead atoms. The van der Waals surface area contributed by atoms with Gasteiger partial charge in [0, 0.05) is 10.9 Å². The van der Waals surface area contributed by atoms with Crippen LogP contribution in [0.2, 0.25) is 0 Å². The van der Waals surface area contributed by atoms with Gasteiger partial charge in [-0.3, -0.25) is 0 Å². The van der Waals surface area contributed by atoms with Crippen LogP contribution in [0, 0.1) is 23.5 Å². The molecule has 3 aromatic rings. The first-order valence-corrected chi connectivity index (χ1v) is 8.66. The smallest absolute Gasteiger partial charge is 0.403 e. The number of rotatable bonds is 4. The molecule has 6 heteroatoms. The Balaban J connectivity index is 1.87. The second-order valence-electron chi connectivity index (χ2n) is 6.25. The zero-order chi connectivity index (χ0) is 21.0. The van der Waals surface area contributed by atoms with Crippen LogP contribution in [-0.4, -0.2) is 6.36 Å². The van der Waals surface area contributed by atoms with Gasteiger partial charge in [0.05, 0.1) is 5.56 Å². The summed E-state index contributed by atoms with van der Waals surface area (Å²) in [5.41, 5.74) is 1.26. The summed E-state index contributed by atoms with van der Waals surface area (Å²) in [5, 5.41) is 1.13. The summed E-state index contributed by atoms with van der Waals surface area (Å²) >= 11 is 0. The van der Waals surface area contributed by atoms with Crippen molar-refractivity contribution in [2.75, 3.05) is 0 Å². The third-order valence-electron chi connectivity index (χ3n) is 4.15. The Labute approximate surface area is 164 Å². The molecule has 0 heterocycles. The molecule has 3 rings (SSSR count).